The van der Waals surface area contributed by atoms with Gasteiger partial charge in [0.1, 0.15) is 0 Å². The first-order valence-electron chi connectivity index (χ1n) is 9.00. The summed E-state index contributed by atoms with van der Waals surface area (Å²) in [6.07, 6.45) is 3.29. The number of hydrazone groups is 1. The van der Waals surface area contributed by atoms with Crippen molar-refractivity contribution in [1.82, 2.24) is 10.4 Å². The van der Waals surface area contributed by atoms with E-state index < -0.39 is 0 Å². The standard InChI is InChI=1S/C19H22N4O2S/c24-18(12-15-13-26-19(20-15)23-8-10-25-11-9-23)22-21-17-7-3-5-14-4-1-2-6-16(14)17/h1-2,4,6,13H,3,5,7-12H2,(H,22,24). The summed E-state index contributed by atoms with van der Waals surface area (Å²) in [7, 11) is 0. The Labute approximate surface area is 156 Å². The minimum absolute atomic E-state index is 0.126. The number of rotatable bonds is 4. The van der Waals surface area contributed by atoms with Gasteiger partial charge in [-0.3, -0.25) is 4.79 Å². The van der Waals surface area contributed by atoms with Gasteiger partial charge in [-0.25, -0.2) is 10.4 Å². The second-order valence-corrected chi connectivity index (χ2v) is 7.34. The maximum Gasteiger partial charge on any atom is 0.246 e. The molecule has 26 heavy (non-hydrogen) atoms. The number of amides is 1. The maximum absolute atomic E-state index is 12.3. The maximum atomic E-state index is 12.3. The van der Waals surface area contributed by atoms with Crippen molar-refractivity contribution in [2.45, 2.75) is 25.7 Å². The minimum atomic E-state index is -0.126. The molecule has 2 aliphatic rings. The van der Waals surface area contributed by atoms with Crippen molar-refractivity contribution < 1.29 is 9.53 Å². The second kappa shape index (κ2) is 7.97. The number of carbonyl (C=O) groups excluding carboxylic acids is 1. The Morgan fingerprint density at radius 1 is 1.27 bits per heavy atom. The lowest BCUT2D eigenvalue weighted by Gasteiger charge is -2.26. The van der Waals surface area contributed by atoms with Crippen molar-refractivity contribution >= 4 is 28.1 Å². The van der Waals surface area contributed by atoms with Crippen LogP contribution in [-0.2, 0) is 22.4 Å². The second-order valence-electron chi connectivity index (χ2n) is 6.50. The lowest BCUT2D eigenvalue weighted by molar-refractivity contribution is -0.120. The molecule has 2 heterocycles. The number of thiazole rings is 1. The normalized spacial score (nSPS) is 18.6. The van der Waals surface area contributed by atoms with Crippen molar-refractivity contribution in [3.8, 4) is 0 Å². The molecule has 1 aliphatic heterocycles. The number of benzene rings is 1. The van der Waals surface area contributed by atoms with E-state index in [1.54, 1.807) is 11.3 Å². The fraction of sp³-hybridized carbons (Fsp3) is 0.421. The molecular formula is C19H22N4O2S. The molecule has 6 nitrogen and oxygen atoms in total. The predicted molar refractivity (Wildman–Crippen MR) is 103 cm³/mol. The van der Waals surface area contributed by atoms with Gasteiger partial charge < -0.3 is 9.64 Å². The Kier molecular flexibility index (Phi) is 5.26. The van der Waals surface area contributed by atoms with Gasteiger partial charge in [-0.15, -0.1) is 11.3 Å². The molecule has 1 fully saturated rings. The van der Waals surface area contributed by atoms with Crippen LogP contribution in [0.3, 0.4) is 0 Å². The first-order valence-corrected chi connectivity index (χ1v) is 9.88. The number of ether oxygens (including phenoxy) is 1. The van der Waals surface area contributed by atoms with E-state index in [2.05, 4.69) is 38.6 Å². The van der Waals surface area contributed by atoms with Gasteiger partial charge in [-0.05, 0) is 24.8 Å². The highest BCUT2D eigenvalue weighted by molar-refractivity contribution is 7.13. The van der Waals surface area contributed by atoms with Crippen LogP contribution >= 0.6 is 11.3 Å². The van der Waals surface area contributed by atoms with Crippen molar-refractivity contribution in [3.05, 3.63) is 46.5 Å². The topological polar surface area (TPSA) is 66.8 Å². The Morgan fingerprint density at radius 3 is 3.00 bits per heavy atom. The molecule has 7 heteroatoms. The molecule has 1 aromatic heterocycles. The average molecular weight is 370 g/mol. The van der Waals surface area contributed by atoms with Gasteiger partial charge in [-0.1, -0.05) is 24.3 Å². The number of morpholine rings is 1. The number of aryl methyl sites for hydroxylation is 1. The molecule has 0 atom stereocenters. The van der Waals surface area contributed by atoms with E-state index in [1.807, 2.05) is 11.4 Å². The molecule has 2 aromatic rings. The quantitative estimate of drug-likeness (QED) is 0.839. The number of nitrogens with zero attached hydrogens (tertiary/aromatic N) is 3. The summed E-state index contributed by atoms with van der Waals surface area (Å²) in [5, 5.41) is 7.30. The van der Waals surface area contributed by atoms with Crippen molar-refractivity contribution in [2.75, 3.05) is 31.2 Å². The zero-order valence-corrected chi connectivity index (χ0v) is 15.4. The Hall–Kier alpha value is -2.25. The molecule has 0 saturated carbocycles. The van der Waals surface area contributed by atoms with Crippen molar-refractivity contribution in [3.63, 3.8) is 0 Å². The zero-order chi connectivity index (χ0) is 17.8. The molecule has 1 saturated heterocycles. The van der Waals surface area contributed by atoms with Crippen LogP contribution in [0.25, 0.3) is 0 Å². The Morgan fingerprint density at radius 2 is 2.12 bits per heavy atom. The van der Waals surface area contributed by atoms with Crippen LogP contribution in [-0.4, -0.2) is 42.9 Å². The van der Waals surface area contributed by atoms with Crippen LogP contribution < -0.4 is 10.3 Å². The molecule has 1 aromatic carbocycles. The van der Waals surface area contributed by atoms with Gasteiger partial charge in [0, 0.05) is 24.0 Å². The van der Waals surface area contributed by atoms with Gasteiger partial charge in [0.05, 0.1) is 31.0 Å². The van der Waals surface area contributed by atoms with Crippen LogP contribution in [0.4, 0.5) is 5.13 Å². The van der Waals surface area contributed by atoms with E-state index >= 15 is 0 Å². The van der Waals surface area contributed by atoms with E-state index in [1.165, 1.54) is 5.56 Å². The van der Waals surface area contributed by atoms with Crippen molar-refractivity contribution in [1.29, 1.82) is 0 Å². The van der Waals surface area contributed by atoms with E-state index in [4.69, 9.17) is 4.74 Å². The predicted octanol–water partition coefficient (Wildman–Crippen LogP) is 2.38. The van der Waals surface area contributed by atoms with Crippen LogP contribution in [0.2, 0.25) is 0 Å². The highest BCUT2D eigenvalue weighted by Crippen LogP contribution is 2.22. The fourth-order valence-corrected chi connectivity index (χ4v) is 4.21. The van der Waals surface area contributed by atoms with E-state index in [-0.39, 0.29) is 12.3 Å². The largest absolute Gasteiger partial charge is 0.378 e. The number of aromatic nitrogens is 1. The van der Waals surface area contributed by atoms with Gasteiger partial charge in [0.25, 0.3) is 0 Å². The zero-order valence-electron chi connectivity index (χ0n) is 14.6. The van der Waals surface area contributed by atoms with Gasteiger partial charge >= 0.3 is 0 Å². The van der Waals surface area contributed by atoms with Gasteiger partial charge in [0.2, 0.25) is 5.91 Å². The van der Waals surface area contributed by atoms with Crippen LogP contribution in [0.5, 0.6) is 0 Å². The number of carbonyl (C=O) groups is 1. The summed E-state index contributed by atoms with van der Waals surface area (Å²) in [4.78, 5) is 19.1. The van der Waals surface area contributed by atoms with Crippen molar-refractivity contribution in [2.24, 2.45) is 5.10 Å². The number of hydrogen-bond donors (Lipinski definition) is 1. The molecule has 1 aliphatic carbocycles. The highest BCUT2D eigenvalue weighted by atomic mass is 32.1. The summed E-state index contributed by atoms with van der Waals surface area (Å²) in [6.45, 7) is 3.17. The smallest absolute Gasteiger partial charge is 0.246 e. The lowest BCUT2D eigenvalue weighted by Crippen LogP contribution is -2.36. The third-order valence-electron chi connectivity index (χ3n) is 4.67. The molecule has 136 valence electrons. The summed E-state index contributed by atoms with van der Waals surface area (Å²) >= 11 is 1.58. The van der Waals surface area contributed by atoms with Gasteiger partial charge in [0.15, 0.2) is 5.13 Å². The molecule has 1 amide bonds. The summed E-state index contributed by atoms with van der Waals surface area (Å²) in [5.74, 6) is -0.126. The number of anilines is 1. The van der Waals surface area contributed by atoms with Crippen LogP contribution in [0.15, 0.2) is 34.7 Å². The van der Waals surface area contributed by atoms with E-state index in [0.29, 0.717) is 0 Å². The molecule has 0 unspecified atom stereocenters. The van der Waals surface area contributed by atoms with Gasteiger partial charge in [-0.2, -0.15) is 5.10 Å². The fourth-order valence-electron chi connectivity index (χ4n) is 3.33. The molecule has 0 bridgehead atoms. The molecular weight excluding hydrogens is 348 g/mol. The number of hydrogen-bond acceptors (Lipinski definition) is 6. The Balaban J connectivity index is 1.37. The monoisotopic (exact) mass is 370 g/mol. The van der Waals surface area contributed by atoms with Crippen LogP contribution in [0.1, 0.15) is 29.7 Å². The number of fused-ring (bicyclic) bond motifs is 1. The van der Waals surface area contributed by atoms with Crippen LogP contribution in [0, 0.1) is 0 Å². The third kappa shape index (κ3) is 3.94. The average Bonchev–Trinajstić information content (AvgIpc) is 3.15. The Bertz CT molecular complexity index is 811. The lowest BCUT2D eigenvalue weighted by atomic mass is 9.90. The summed E-state index contributed by atoms with van der Waals surface area (Å²) in [6, 6.07) is 8.28. The summed E-state index contributed by atoms with van der Waals surface area (Å²) in [5.41, 5.74) is 6.93. The molecule has 0 spiro atoms. The molecule has 0 radical (unpaired) electrons. The molecule has 1 N–H and O–H groups in total. The first kappa shape index (κ1) is 17.2. The minimum Gasteiger partial charge on any atom is -0.378 e. The third-order valence-corrected chi connectivity index (χ3v) is 5.62. The highest BCUT2D eigenvalue weighted by Gasteiger charge is 2.17. The first-order chi connectivity index (χ1) is 12.8. The number of nitrogens with one attached hydrogen (secondary N) is 1. The molecule has 4 rings (SSSR count). The SMILES string of the molecule is O=C(Cc1csc(N2CCOCC2)n1)NN=C1CCCc2ccccc21. The van der Waals surface area contributed by atoms with E-state index in [9.17, 15) is 4.79 Å². The van der Waals surface area contributed by atoms with E-state index in [0.717, 1.165) is 67.7 Å². The summed E-state index contributed by atoms with van der Waals surface area (Å²) < 4.78 is 5.36.